The molecule has 3 aromatic carbocycles. The molecule has 6 nitrogen and oxygen atoms in total. The summed E-state index contributed by atoms with van der Waals surface area (Å²) in [7, 11) is 4.44. The monoisotopic (exact) mass is 448 g/mol. The highest BCUT2D eigenvalue weighted by molar-refractivity contribution is 8.04. The highest BCUT2D eigenvalue weighted by atomic mass is 32.2. The van der Waals surface area contributed by atoms with Gasteiger partial charge in [-0.2, -0.15) is 0 Å². The van der Waals surface area contributed by atoms with Crippen molar-refractivity contribution in [3.8, 4) is 23.0 Å². The highest BCUT2D eigenvalue weighted by Gasteiger charge is 2.26. The van der Waals surface area contributed by atoms with E-state index in [0.717, 1.165) is 4.90 Å². The Hall–Kier alpha value is -3.71. The molecule has 0 saturated carbocycles. The Balaban J connectivity index is 1.64. The minimum absolute atomic E-state index is 0.0450. The molecule has 3 aromatic rings. The van der Waals surface area contributed by atoms with E-state index in [1.54, 1.807) is 24.3 Å². The molecule has 0 aliphatic carbocycles. The van der Waals surface area contributed by atoms with Crippen LogP contribution >= 0.6 is 11.8 Å². The molecule has 1 heterocycles. The zero-order valence-corrected chi connectivity index (χ0v) is 18.5. The molecule has 0 unspecified atom stereocenters. The number of para-hydroxylation sites is 1. The summed E-state index contributed by atoms with van der Waals surface area (Å²) in [5.41, 5.74) is 1.54. The normalized spacial score (nSPS) is 13.6. The highest BCUT2D eigenvalue weighted by Crippen LogP contribution is 2.42. The first-order valence-electron chi connectivity index (χ1n) is 9.70. The number of esters is 1. The molecule has 0 N–H and O–H groups in total. The molecule has 0 bridgehead atoms. The number of fused-ring (bicyclic) bond motifs is 1. The second-order valence-electron chi connectivity index (χ2n) is 6.78. The van der Waals surface area contributed by atoms with Gasteiger partial charge in [-0.3, -0.25) is 4.79 Å². The third-order valence-electron chi connectivity index (χ3n) is 4.88. The molecule has 1 aliphatic rings. The van der Waals surface area contributed by atoms with E-state index in [9.17, 15) is 9.59 Å². The van der Waals surface area contributed by atoms with E-state index in [4.69, 9.17) is 18.9 Å². The number of carbonyl (C=O) groups is 2. The predicted octanol–water partition coefficient (Wildman–Crippen LogP) is 5.26. The van der Waals surface area contributed by atoms with Crippen molar-refractivity contribution >= 4 is 29.6 Å². The standard InChI is InChI=1S/C25H20O6S/c1-28-19-12-16(13-20(29-2)24(19)30-3)25(27)31-18-10-6-4-8-15(18)14-22-23(26)17-9-5-7-11-21(17)32-22/h4-14H,1-3H3. The van der Waals surface area contributed by atoms with Crippen molar-refractivity contribution in [2.75, 3.05) is 21.3 Å². The molecule has 162 valence electrons. The Kier molecular flexibility index (Phi) is 6.18. The van der Waals surface area contributed by atoms with Gasteiger partial charge in [0.25, 0.3) is 0 Å². The fraction of sp³-hybridized carbons (Fsp3) is 0.120. The minimum atomic E-state index is -0.594. The number of thioether (sulfide) groups is 1. The van der Waals surface area contributed by atoms with Gasteiger partial charge in [0.1, 0.15) is 5.75 Å². The van der Waals surface area contributed by atoms with Crippen molar-refractivity contribution in [3.05, 3.63) is 82.3 Å². The maximum Gasteiger partial charge on any atom is 0.343 e. The molecule has 0 amide bonds. The molecule has 1 aliphatic heterocycles. The van der Waals surface area contributed by atoms with Crippen LogP contribution in [0.4, 0.5) is 0 Å². The molecule has 0 fully saturated rings. The van der Waals surface area contributed by atoms with Crippen LogP contribution in [0.1, 0.15) is 26.3 Å². The van der Waals surface area contributed by atoms with E-state index in [0.29, 0.717) is 39.0 Å². The summed E-state index contributed by atoms with van der Waals surface area (Å²) in [5.74, 6) is 0.774. The summed E-state index contributed by atoms with van der Waals surface area (Å²) in [5, 5.41) is 0. The van der Waals surface area contributed by atoms with Crippen LogP contribution in [0, 0.1) is 0 Å². The molecule has 32 heavy (non-hydrogen) atoms. The fourth-order valence-electron chi connectivity index (χ4n) is 3.33. The fourth-order valence-corrected chi connectivity index (χ4v) is 4.37. The number of hydrogen-bond donors (Lipinski definition) is 0. The largest absolute Gasteiger partial charge is 0.493 e. The summed E-state index contributed by atoms with van der Waals surface area (Å²) in [6.45, 7) is 0. The Labute approximate surface area is 189 Å². The van der Waals surface area contributed by atoms with Gasteiger partial charge in [0, 0.05) is 16.0 Å². The van der Waals surface area contributed by atoms with Crippen LogP contribution in [-0.2, 0) is 0 Å². The average molecular weight is 448 g/mol. The third kappa shape index (κ3) is 4.07. The number of Topliss-reactive ketones (excluding diaryl/α,β-unsaturated/α-hetero) is 1. The first kappa shape index (κ1) is 21.5. The van der Waals surface area contributed by atoms with Crippen molar-refractivity contribution in [1.29, 1.82) is 0 Å². The molecule has 4 rings (SSSR count). The molecular formula is C25H20O6S. The van der Waals surface area contributed by atoms with E-state index in [1.165, 1.54) is 45.2 Å². The second kappa shape index (κ2) is 9.20. The lowest BCUT2D eigenvalue weighted by atomic mass is 10.1. The van der Waals surface area contributed by atoms with E-state index in [-0.39, 0.29) is 11.3 Å². The lowest BCUT2D eigenvalue weighted by Gasteiger charge is -2.14. The van der Waals surface area contributed by atoms with Gasteiger partial charge < -0.3 is 18.9 Å². The number of ether oxygens (including phenoxy) is 4. The zero-order chi connectivity index (χ0) is 22.7. The summed E-state index contributed by atoms with van der Waals surface area (Å²) in [6.07, 6.45) is 1.74. The quantitative estimate of drug-likeness (QED) is 0.289. The number of methoxy groups -OCH3 is 3. The van der Waals surface area contributed by atoms with Crippen molar-refractivity contribution in [2.45, 2.75) is 4.90 Å². The number of carbonyl (C=O) groups excluding carboxylic acids is 2. The third-order valence-corrected chi connectivity index (χ3v) is 5.98. The zero-order valence-electron chi connectivity index (χ0n) is 17.7. The number of allylic oxidation sites excluding steroid dienone is 1. The van der Waals surface area contributed by atoms with Gasteiger partial charge in [-0.05, 0) is 36.4 Å². The first-order chi connectivity index (χ1) is 15.5. The summed E-state index contributed by atoms with van der Waals surface area (Å²) < 4.78 is 21.6. The average Bonchev–Trinajstić information content (AvgIpc) is 3.14. The lowest BCUT2D eigenvalue weighted by molar-refractivity contribution is 0.0733. The number of ketones is 1. The maximum atomic E-state index is 12.9. The predicted molar refractivity (Wildman–Crippen MR) is 122 cm³/mol. The van der Waals surface area contributed by atoms with Gasteiger partial charge in [-0.1, -0.05) is 42.1 Å². The van der Waals surface area contributed by atoms with Gasteiger partial charge >= 0.3 is 5.97 Å². The summed E-state index contributed by atoms with van der Waals surface area (Å²) in [6, 6.07) is 17.6. The van der Waals surface area contributed by atoms with Crippen molar-refractivity contribution < 1.29 is 28.5 Å². The minimum Gasteiger partial charge on any atom is -0.493 e. The van der Waals surface area contributed by atoms with Crippen molar-refractivity contribution in [2.24, 2.45) is 0 Å². The van der Waals surface area contributed by atoms with Gasteiger partial charge in [0.05, 0.1) is 31.8 Å². The van der Waals surface area contributed by atoms with E-state index < -0.39 is 5.97 Å². The van der Waals surface area contributed by atoms with Gasteiger partial charge in [-0.15, -0.1) is 0 Å². The van der Waals surface area contributed by atoms with Crippen LogP contribution in [0.5, 0.6) is 23.0 Å². The second-order valence-corrected chi connectivity index (χ2v) is 7.86. The van der Waals surface area contributed by atoms with Crippen LogP contribution < -0.4 is 18.9 Å². The van der Waals surface area contributed by atoms with Crippen LogP contribution in [0.3, 0.4) is 0 Å². The number of benzene rings is 3. The molecule has 0 saturated heterocycles. The molecular weight excluding hydrogens is 428 g/mol. The van der Waals surface area contributed by atoms with E-state index >= 15 is 0 Å². The molecule has 0 aromatic heterocycles. The van der Waals surface area contributed by atoms with Gasteiger partial charge in [-0.25, -0.2) is 4.79 Å². The maximum absolute atomic E-state index is 12.9. The van der Waals surface area contributed by atoms with Crippen molar-refractivity contribution in [1.82, 2.24) is 0 Å². The van der Waals surface area contributed by atoms with E-state index in [2.05, 4.69) is 0 Å². The van der Waals surface area contributed by atoms with Crippen LogP contribution in [0.15, 0.2) is 70.5 Å². The number of hydrogen-bond acceptors (Lipinski definition) is 7. The molecule has 7 heteroatoms. The van der Waals surface area contributed by atoms with Gasteiger partial charge in [0.15, 0.2) is 11.5 Å². The van der Waals surface area contributed by atoms with Crippen LogP contribution in [-0.4, -0.2) is 33.1 Å². The van der Waals surface area contributed by atoms with Crippen LogP contribution in [0.2, 0.25) is 0 Å². The SMILES string of the molecule is COc1cc(C(=O)Oc2ccccc2C=C2Sc3ccccc3C2=O)cc(OC)c1OC. The smallest absolute Gasteiger partial charge is 0.343 e. The van der Waals surface area contributed by atoms with Crippen LogP contribution in [0.25, 0.3) is 6.08 Å². The Morgan fingerprint density at radius 3 is 2.16 bits per heavy atom. The summed E-state index contributed by atoms with van der Waals surface area (Å²) >= 11 is 1.40. The molecule has 0 atom stereocenters. The molecule has 0 spiro atoms. The summed E-state index contributed by atoms with van der Waals surface area (Å²) in [4.78, 5) is 27.1. The Morgan fingerprint density at radius 2 is 1.50 bits per heavy atom. The topological polar surface area (TPSA) is 71.1 Å². The Bertz CT molecular complexity index is 1210. The van der Waals surface area contributed by atoms with E-state index in [1.807, 2.05) is 30.3 Å². The Morgan fingerprint density at radius 1 is 0.844 bits per heavy atom. The van der Waals surface area contributed by atoms with Crippen molar-refractivity contribution in [3.63, 3.8) is 0 Å². The van der Waals surface area contributed by atoms with Gasteiger partial charge in [0.2, 0.25) is 11.5 Å². The lowest BCUT2D eigenvalue weighted by Crippen LogP contribution is -2.10. The molecule has 0 radical (unpaired) electrons. The first-order valence-corrected chi connectivity index (χ1v) is 10.5. The number of rotatable bonds is 6.